The first-order valence-corrected chi connectivity index (χ1v) is 6.45. The van der Waals surface area contributed by atoms with Gasteiger partial charge in [0.15, 0.2) is 0 Å². The van der Waals surface area contributed by atoms with Crippen molar-refractivity contribution in [3.8, 4) is 0 Å². The molecule has 1 heterocycles. The van der Waals surface area contributed by atoms with Gasteiger partial charge in [0.1, 0.15) is 5.69 Å². The van der Waals surface area contributed by atoms with Crippen LogP contribution < -0.4 is 10.6 Å². The van der Waals surface area contributed by atoms with E-state index in [1.807, 2.05) is 6.92 Å². The van der Waals surface area contributed by atoms with Crippen LogP contribution in [0.25, 0.3) is 6.08 Å². The molecule has 7 nitrogen and oxygen atoms in total. The minimum absolute atomic E-state index is 0.110. The van der Waals surface area contributed by atoms with Gasteiger partial charge in [0.25, 0.3) is 5.91 Å². The number of rotatable bonds is 7. The predicted octanol–water partition coefficient (Wildman–Crippen LogP) is 0.435. The lowest BCUT2D eigenvalue weighted by Crippen LogP contribution is -2.37. The summed E-state index contributed by atoms with van der Waals surface area (Å²) in [6.07, 6.45) is 4.56. The van der Waals surface area contributed by atoms with Gasteiger partial charge in [0.05, 0.1) is 6.54 Å². The first-order valence-electron chi connectivity index (χ1n) is 6.45. The van der Waals surface area contributed by atoms with Crippen LogP contribution in [0.2, 0.25) is 0 Å². The van der Waals surface area contributed by atoms with Gasteiger partial charge in [0, 0.05) is 18.8 Å². The van der Waals surface area contributed by atoms with Crippen molar-refractivity contribution in [2.24, 2.45) is 0 Å². The average Bonchev–Trinajstić information content (AvgIpc) is 2.49. The number of carboxylic acid groups (broad SMARTS) is 1. The molecular weight excluding hydrogens is 274 g/mol. The van der Waals surface area contributed by atoms with Gasteiger partial charge in [-0.25, -0.2) is 4.79 Å². The quantitative estimate of drug-likeness (QED) is 0.631. The van der Waals surface area contributed by atoms with Crippen molar-refractivity contribution in [3.05, 3.63) is 35.7 Å². The predicted molar refractivity (Wildman–Crippen MR) is 76.5 cm³/mol. The highest BCUT2D eigenvalue weighted by Crippen LogP contribution is 2.02. The monoisotopic (exact) mass is 291 g/mol. The van der Waals surface area contributed by atoms with Gasteiger partial charge in [-0.2, -0.15) is 0 Å². The van der Waals surface area contributed by atoms with E-state index in [4.69, 9.17) is 5.11 Å². The lowest BCUT2D eigenvalue weighted by atomic mass is 10.2. The molecule has 2 amide bonds. The lowest BCUT2D eigenvalue weighted by Gasteiger charge is -2.05. The van der Waals surface area contributed by atoms with Crippen LogP contribution in [0.3, 0.4) is 0 Å². The van der Waals surface area contributed by atoms with Crippen LogP contribution in [0.15, 0.2) is 24.4 Å². The van der Waals surface area contributed by atoms with Gasteiger partial charge in [-0.05, 0) is 24.1 Å². The number of nitrogens with zero attached hydrogens (tertiary/aromatic N) is 1. The smallest absolute Gasteiger partial charge is 0.328 e. The highest BCUT2D eigenvalue weighted by molar-refractivity contribution is 5.95. The van der Waals surface area contributed by atoms with Gasteiger partial charge in [-0.1, -0.05) is 13.0 Å². The van der Waals surface area contributed by atoms with Crippen molar-refractivity contribution in [2.75, 3.05) is 13.1 Å². The molecule has 0 aliphatic rings. The Hall–Kier alpha value is -2.70. The molecule has 0 saturated carbocycles. The van der Waals surface area contributed by atoms with Crippen LogP contribution in [-0.4, -0.2) is 41.0 Å². The fourth-order valence-electron chi connectivity index (χ4n) is 1.38. The molecule has 0 atom stereocenters. The third-order valence-electron chi connectivity index (χ3n) is 2.42. The molecule has 0 aliphatic carbocycles. The number of carbonyl (C=O) groups excluding carboxylic acids is 2. The van der Waals surface area contributed by atoms with Crippen LogP contribution in [0.4, 0.5) is 0 Å². The molecule has 1 aromatic heterocycles. The number of carboxylic acids is 1. The van der Waals surface area contributed by atoms with E-state index in [1.165, 1.54) is 18.3 Å². The zero-order valence-corrected chi connectivity index (χ0v) is 11.6. The Balaban J connectivity index is 2.51. The zero-order valence-electron chi connectivity index (χ0n) is 11.6. The average molecular weight is 291 g/mol. The Morgan fingerprint density at radius 1 is 1.29 bits per heavy atom. The van der Waals surface area contributed by atoms with Crippen LogP contribution in [-0.2, 0) is 9.59 Å². The molecule has 0 bridgehead atoms. The maximum absolute atomic E-state index is 11.7. The Morgan fingerprint density at radius 3 is 2.62 bits per heavy atom. The van der Waals surface area contributed by atoms with E-state index in [0.29, 0.717) is 12.1 Å². The summed E-state index contributed by atoms with van der Waals surface area (Å²) in [6, 6.07) is 3.03. The number of aliphatic carboxylic acids is 1. The zero-order chi connectivity index (χ0) is 15.7. The maximum atomic E-state index is 11.7. The van der Waals surface area contributed by atoms with E-state index in [9.17, 15) is 14.4 Å². The number of pyridine rings is 1. The summed E-state index contributed by atoms with van der Waals surface area (Å²) in [5, 5.41) is 13.6. The first-order chi connectivity index (χ1) is 10.0. The van der Waals surface area contributed by atoms with Crippen molar-refractivity contribution in [1.29, 1.82) is 0 Å². The minimum Gasteiger partial charge on any atom is -0.478 e. The molecule has 0 unspecified atom stereocenters. The fraction of sp³-hybridized carbons (Fsp3) is 0.286. The summed E-state index contributed by atoms with van der Waals surface area (Å²) < 4.78 is 0. The van der Waals surface area contributed by atoms with E-state index in [0.717, 1.165) is 12.5 Å². The van der Waals surface area contributed by atoms with E-state index >= 15 is 0 Å². The van der Waals surface area contributed by atoms with Crippen LogP contribution in [0.1, 0.15) is 29.4 Å². The Bertz CT molecular complexity index is 538. The molecule has 0 saturated heterocycles. The van der Waals surface area contributed by atoms with Crippen molar-refractivity contribution in [2.45, 2.75) is 13.3 Å². The maximum Gasteiger partial charge on any atom is 0.328 e. The molecule has 0 radical (unpaired) electrons. The molecule has 0 aromatic carbocycles. The largest absolute Gasteiger partial charge is 0.478 e. The van der Waals surface area contributed by atoms with Gasteiger partial charge < -0.3 is 15.7 Å². The highest BCUT2D eigenvalue weighted by Gasteiger charge is 2.08. The third kappa shape index (κ3) is 6.33. The van der Waals surface area contributed by atoms with E-state index < -0.39 is 11.9 Å². The van der Waals surface area contributed by atoms with E-state index in [-0.39, 0.29) is 18.1 Å². The molecule has 1 rings (SSSR count). The molecule has 21 heavy (non-hydrogen) atoms. The summed E-state index contributed by atoms with van der Waals surface area (Å²) in [5.74, 6) is -1.78. The van der Waals surface area contributed by atoms with Gasteiger partial charge >= 0.3 is 5.97 Å². The number of nitrogens with one attached hydrogen (secondary N) is 2. The van der Waals surface area contributed by atoms with Crippen molar-refractivity contribution in [3.63, 3.8) is 0 Å². The summed E-state index contributed by atoms with van der Waals surface area (Å²) in [6.45, 7) is 2.39. The SMILES string of the molecule is CCCNC(=O)CNC(=O)c1ccc(C=CC(=O)O)cn1. The Kier molecular flexibility index (Phi) is 6.59. The summed E-state index contributed by atoms with van der Waals surface area (Å²) in [4.78, 5) is 37.3. The summed E-state index contributed by atoms with van der Waals surface area (Å²) in [7, 11) is 0. The van der Waals surface area contributed by atoms with Crippen molar-refractivity contribution < 1.29 is 19.5 Å². The van der Waals surface area contributed by atoms with Crippen molar-refractivity contribution in [1.82, 2.24) is 15.6 Å². The fourth-order valence-corrected chi connectivity index (χ4v) is 1.38. The first kappa shape index (κ1) is 16.4. The second-order valence-corrected chi connectivity index (χ2v) is 4.18. The number of hydrogen-bond acceptors (Lipinski definition) is 4. The topological polar surface area (TPSA) is 108 Å². The second-order valence-electron chi connectivity index (χ2n) is 4.18. The molecular formula is C14H17N3O4. The number of carbonyl (C=O) groups is 3. The lowest BCUT2D eigenvalue weighted by molar-refractivity contribution is -0.131. The van der Waals surface area contributed by atoms with Crippen LogP contribution in [0, 0.1) is 0 Å². The Morgan fingerprint density at radius 2 is 2.05 bits per heavy atom. The number of amides is 2. The molecule has 112 valence electrons. The number of hydrogen-bond donors (Lipinski definition) is 3. The standard InChI is InChI=1S/C14H17N3O4/c1-2-7-15-12(18)9-17-14(21)11-5-3-10(8-16-11)4-6-13(19)20/h3-6,8H,2,7,9H2,1H3,(H,15,18)(H,17,21)(H,19,20). The number of aromatic nitrogens is 1. The summed E-state index contributed by atoms with van der Waals surface area (Å²) in [5.41, 5.74) is 0.723. The van der Waals surface area contributed by atoms with E-state index in [2.05, 4.69) is 15.6 Å². The third-order valence-corrected chi connectivity index (χ3v) is 2.42. The van der Waals surface area contributed by atoms with Crippen molar-refractivity contribution >= 4 is 23.9 Å². The van der Waals surface area contributed by atoms with Crippen LogP contribution >= 0.6 is 0 Å². The molecule has 0 fully saturated rings. The van der Waals surface area contributed by atoms with Gasteiger partial charge in [0.2, 0.25) is 5.91 Å². The van der Waals surface area contributed by atoms with Gasteiger partial charge in [-0.3, -0.25) is 14.6 Å². The molecule has 7 heteroatoms. The van der Waals surface area contributed by atoms with Crippen LogP contribution in [0.5, 0.6) is 0 Å². The minimum atomic E-state index is -1.06. The van der Waals surface area contributed by atoms with Gasteiger partial charge in [-0.15, -0.1) is 0 Å². The summed E-state index contributed by atoms with van der Waals surface area (Å²) >= 11 is 0. The molecule has 0 aliphatic heterocycles. The normalized spacial score (nSPS) is 10.3. The highest BCUT2D eigenvalue weighted by atomic mass is 16.4. The second kappa shape index (κ2) is 8.47. The van der Waals surface area contributed by atoms with E-state index in [1.54, 1.807) is 6.07 Å². The Labute approximate surface area is 122 Å². The molecule has 3 N–H and O–H groups in total. The molecule has 1 aromatic rings. The molecule has 0 spiro atoms.